The van der Waals surface area contributed by atoms with Crippen molar-refractivity contribution in [2.75, 3.05) is 50.2 Å². The molecule has 42 heavy (non-hydrogen) atoms. The van der Waals surface area contributed by atoms with Crippen molar-refractivity contribution in [3.05, 3.63) is 74.4 Å². The second kappa shape index (κ2) is 15.4. The number of ether oxygens (including phenoxy) is 2. The molecule has 1 saturated heterocycles. The van der Waals surface area contributed by atoms with Crippen LogP contribution in [0.1, 0.15) is 12.8 Å². The maximum atomic E-state index is 5.66. The molecule has 4 aromatic rings. The zero-order chi connectivity index (χ0) is 27.9. The van der Waals surface area contributed by atoms with Crippen LogP contribution in [0.15, 0.2) is 80.0 Å². The second-order valence-corrected chi connectivity index (χ2v) is 11.1. The maximum Gasteiger partial charge on any atom is 0.408 e. The van der Waals surface area contributed by atoms with Crippen LogP contribution in [0.2, 0.25) is 0 Å². The van der Waals surface area contributed by atoms with Gasteiger partial charge in [-0.3, -0.25) is 0 Å². The minimum atomic E-state index is 0. The highest BCUT2D eigenvalue weighted by atomic mass is 32.1. The highest BCUT2D eigenvalue weighted by Crippen LogP contribution is 2.35. The van der Waals surface area contributed by atoms with E-state index >= 15 is 0 Å². The largest absolute Gasteiger partial charge is 0.494 e. The molecule has 1 fully saturated rings. The van der Waals surface area contributed by atoms with Crippen molar-refractivity contribution >= 4 is 55.7 Å². The molecule has 10 nitrogen and oxygen atoms in total. The molecule has 0 unspecified atom stereocenters. The Kier molecular flexibility index (Phi) is 11.9. The van der Waals surface area contributed by atoms with Crippen LogP contribution in [0.4, 0.5) is 33.0 Å². The molecule has 1 aliphatic rings. The Morgan fingerprint density at radius 2 is 1.05 bits per heavy atom. The van der Waals surface area contributed by atoms with Crippen LogP contribution < -0.4 is 28.4 Å². The van der Waals surface area contributed by atoms with Gasteiger partial charge in [-0.05, 0) is 70.0 Å². The van der Waals surface area contributed by atoms with Gasteiger partial charge in [0.05, 0.1) is 38.5 Å². The van der Waals surface area contributed by atoms with Crippen molar-refractivity contribution in [1.29, 1.82) is 0 Å². The fourth-order valence-corrected chi connectivity index (χ4v) is 5.94. The average molecular weight is 609 g/mol. The van der Waals surface area contributed by atoms with Crippen LogP contribution >= 0.6 is 22.7 Å². The van der Waals surface area contributed by atoms with E-state index in [9.17, 15) is 0 Å². The molecular weight excluding hydrogens is 569 g/mol. The summed E-state index contributed by atoms with van der Waals surface area (Å²) in [5.41, 5.74) is 3.72. The number of anilines is 2. The molecule has 1 aliphatic heterocycles. The molecule has 0 amide bonds. The van der Waals surface area contributed by atoms with E-state index < -0.39 is 0 Å². The van der Waals surface area contributed by atoms with E-state index in [0.29, 0.717) is 0 Å². The summed E-state index contributed by atoms with van der Waals surface area (Å²) in [5, 5.41) is 23.3. The molecule has 12 heteroatoms. The van der Waals surface area contributed by atoms with E-state index in [2.05, 4.69) is 54.5 Å². The predicted octanol–water partition coefficient (Wildman–Crippen LogP) is 7.31. The van der Waals surface area contributed by atoms with Gasteiger partial charge in [-0.2, -0.15) is 0 Å². The number of benzene rings is 2. The smallest absolute Gasteiger partial charge is 0.408 e. The predicted molar refractivity (Wildman–Crippen MR) is 172 cm³/mol. The second-order valence-electron chi connectivity index (χ2n) is 9.39. The van der Waals surface area contributed by atoms with Crippen LogP contribution in [0.5, 0.6) is 11.5 Å². The standard InChI is InChI=1S/C28H34N8O2S2.2CH3/c1-33-15-17-39-27(33)31-29-23-9-7-21(19-25(23)37-3)35-11-5-13-36(14-6-12-35)22-8-10-24(26(20-22)38-4)30-32-28-34(2)16-18-40-28;;/h7-10,15-20H,5-6,11-14H2,1-4H3;2*1H3/q+2;2*-1. The highest BCUT2D eigenvalue weighted by molar-refractivity contribution is 7.13. The van der Waals surface area contributed by atoms with Gasteiger partial charge in [-0.25, -0.2) is 9.13 Å². The normalized spacial score (nSPS) is 13.9. The molecule has 0 radical (unpaired) electrons. The van der Waals surface area contributed by atoms with Crippen LogP contribution in [0, 0.1) is 14.9 Å². The lowest BCUT2D eigenvalue weighted by Crippen LogP contribution is -2.36. The highest BCUT2D eigenvalue weighted by Gasteiger charge is 2.18. The van der Waals surface area contributed by atoms with E-state index in [4.69, 9.17) is 9.47 Å². The molecule has 0 atom stereocenters. The number of methoxy groups -OCH3 is 2. The van der Waals surface area contributed by atoms with Crippen molar-refractivity contribution in [3.8, 4) is 11.5 Å². The van der Waals surface area contributed by atoms with Gasteiger partial charge in [0.2, 0.25) is 0 Å². The molecule has 5 rings (SSSR count). The van der Waals surface area contributed by atoms with E-state index in [1.807, 2.05) is 58.5 Å². The summed E-state index contributed by atoms with van der Waals surface area (Å²) in [6, 6.07) is 12.3. The Balaban J connectivity index is 0.00000242. The number of azo groups is 2. The molecule has 3 heterocycles. The molecule has 2 aromatic heterocycles. The molecule has 2 aromatic carbocycles. The summed E-state index contributed by atoms with van der Waals surface area (Å²) in [7, 11) is 7.27. The van der Waals surface area contributed by atoms with Crippen molar-refractivity contribution in [2.24, 2.45) is 34.6 Å². The van der Waals surface area contributed by atoms with Gasteiger partial charge in [-0.1, -0.05) is 0 Å². The lowest BCUT2D eigenvalue weighted by Gasteiger charge is -2.33. The van der Waals surface area contributed by atoms with Crippen LogP contribution in [-0.4, -0.2) is 40.4 Å². The van der Waals surface area contributed by atoms with Gasteiger partial charge >= 0.3 is 10.3 Å². The number of rotatable bonds is 8. The quantitative estimate of drug-likeness (QED) is 0.119. The summed E-state index contributed by atoms with van der Waals surface area (Å²) in [4.78, 5) is 4.85. The third-order valence-corrected chi connectivity index (χ3v) is 8.45. The third kappa shape index (κ3) is 7.68. The van der Waals surface area contributed by atoms with Gasteiger partial charge in [-0.15, -0.1) is 0 Å². The van der Waals surface area contributed by atoms with E-state index in [0.717, 1.165) is 83.5 Å². The first-order valence-electron chi connectivity index (χ1n) is 13.1. The number of thiazole rings is 2. The number of aromatic nitrogens is 2. The van der Waals surface area contributed by atoms with E-state index in [1.165, 1.54) is 0 Å². The zero-order valence-corrected chi connectivity index (χ0v) is 26.9. The minimum Gasteiger partial charge on any atom is -0.494 e. The molecule has 224 valence electrons. The van der Waals surface area contributed by atoms with E-state index in [1.54, 1.807) is 36.9 Å². The Morgan fingerprint density at radius 1 is 0.643 bits per heavy atom. The topological polar surface area (TPSA) is 82.1 Å². The summed E-state index contributed by atoms with van der Waals surface area (Å²) in [6.45, 7) is 3.80. The Hall–Kier alpha value is -3.90. The third-order valence-electron chi connectivity index (χ3n) is 6.77. The number of hydrogen-bond donors (Lipinski definition) is 0. The van der Waals surface area contributed by atoms with Gasteiger partial charge in [0.15, 0.2) is 22.9 Å². The number of hydrogen-bond acceptors (Lipinski definition) is 10. The van der Waals surface area contributed by atoms with Gasteiger partial charge < -0.3 is 34.1 Å². The molecule has 0 aliphatic carbocycles. The average Bonchev–Trinajstić information content (AvgIpc) is 3.57. The Bertz CT molecular complexity index is 1380. The van der Waals surface area contributed by atoms with Crippen molar-refractivity contribution in [3.63, 3.8) is 0 Å². The van der Waals surface area contributed by atoms with Gasteiger partial charge in [0.1, 0.15) is 12.4 Å². The lowest BCUT2D eigenvalue weighted by atomic mass is 10.1. The summed E-state index contributed by atoms with van der Waals surface area (Å²) < 4.78 is 15.2. The zero-order valence-electron chi connectivity index (χ0n) is 25.2. The Morgan fingerprint density at radius 3 is 1.38 bits per heavy atom. The van der Waals surface area contributed by atoms with Crippen molar-refractivity contribution < 1.29 is 18.6 Å². The first-order chi connectivity index (χ1) is 19.6. The molecule has 0 spiro atoms. The van der Waals surface area contributed by atoms with Crippen LogP contribution in [0.25, 0.3) is 0 Å². The fraction of sp³-hybridized carbons (Fsp3) is 0.333. The molecular formula is C30H40N8O2S2. The number of aryl methyl sites for hydroxylation is 2. The van der Waals surface area contributed by atoms with Gasteiger partial charge in [0, 0.05) is 60.4 Å². The van der Waals surface area contributed by atoms with Crippen molar-refractivity contribution in [2.45, 2.75) is 12.8 Å². The minimum absolute atomic E-state index is 0. The monoisotopic (exact) mass is 608 g/mol. The molecule has 0 bridgehead atoms. The lowest BCUT2D eigenvalue weighted by molar-refractivity contribution is -0.654. The first-order valence-corrected chi connectivity index (χ1v) is 14.9. The van der Waals surface area contributed by atoms with Crippen molar-refractivity contribution in [1.82, 2.24) is 0 Å². The van der Waals surface area contributed by atoms with E-state index in [-0.39, 0.29) is 14.9 Å². The Labute approximate surface area is 257 Å². The molecule has 0 saturated carbocycles. The fourth-order valence-electron chi connectivity index (χ4n) is 4.58. The van der Waals surface area contributed by atoms with Crippen LogP contribution in [-0.2, 0) is 14.1 Å². The first kappa shape index (κ1) is 32.6. The maximum absolute atomic E-state index is 5.66. The summed E-state index contributed by atoms with van der Waals surface area (Å²) in [6.07, 6.45) is 5.98. The number of nitrogens with zero attached hydrogens (tertiary/aromatic N) is 8. The summed E-state index contributed by atoms with van der Waals surface area (Å²) in [5.74, 6) is 1.45. The summed E-state index contributed by atoms with van der Waals surface area (Å²) >= 11 is 3.10. The van der Waals surface area contributed by atoms with Gasteiger partial charge in [0.25, 0.3) is 0 Å². The SMILES string of the molecule is COc1cc(N2CCCN(c3ccc(N=Nc4scc[n+]4C)c(OC)c3)CCC2)ccc1N=Nc1scc[n+]1C.[CH3-].[CH3-]. The van der Waals surface area contributed by atoms with Crippen LogP contribution in [0.3, 0.4) is 0 Å². The molecule has 0 N–H and O–H groups in total.